The lowest BCUT2D eigenvalue weighted by Crippen LogP contribution is -2.39. The second-order valence-corrected chi connectivity index (χ2v) is 4.88. The van der Waals surface area contributed by atoms with Crippen LogP contribution in [-0.4, -0.2) is 31.6 Å². The largest absolute Gasteiger partial charge is 0.481 e. The number of nitrogens with one attached hydrogen (secondary N) is 2. The van der Waals surface area contributed by atoms with E-state index in [1.165, 1.54) is 0 Å². The maximum Gasteiger partial charge on any atom is 0.260 e. The average Bonchev–Trinajstić information content (AvgIpc) is 2.33. The van der Waals surface area contributed by atoms with Gasteiger partial charge in [0, 0.05) is 23.1 Å². The van der Waals surface area contributed by atoms with E-state index in [0.29, 0.717) is 22.3 Å². The summed E-state index contributed by atoms with van der Waals surface area (Å²) in [5.74, 6) is 0.306. The fourth-order valence-corrected chi connectivity index (χ4v) is 1.95. The zero-order chi connectivity index (χ0) is 14.3. The van der Waals surface area contributed by atoms with Gasteiger partial charge in [-0.3, -0.25) is 4.79 Å². The van der Waals surface area contributed by atoms with E-state index in [9.17, 15) is 4.79 Å². The molecule has 1 amide bonds. The molecule has 0 spiro atoms. The Kier molecular flexibility index (Phi) is 9.76. The molecule has 1 unspecified atom stereocenters. The summed E-state index contributed by atoms with van der Waals surface area (Å²) in [7, 11) is 0. The molecule has 1 rings (SSSR count). The molecule has 0 aliphatic carbocycles. The van der Waals surface area contributed by atoms with Crippen LogP contribution >= 0.6 is 35.6 Å². The van der Waals surface area contributed by atoms with Crippen LogP contribution in [0.4, 0.5) is 0 Å². The summed E-state index contributed by atoms with van der Waals surface area (Å²) in [6.07, 6.45) is -0.601. The highest BCUT2D eigenvalue weighted by Crippen LogP contribution is 2.24. The van der Waals surface area contributed by atoms with Crippen molar-refractivity contribution in [3.05, 3.63) is 28.2 Å². The van der Waals surface area contributed by atoms with Crippen molar-refractivity contribution in [3.63, 3.8) is 0 Å². The molecule has 0 saturated heterocycles. The fourth-order valence-electron chi connectivity index (χ4n) is 1.45. The molecule has 0 aliphatic rings. The van der Waals surface area contributed by atoms with Gasteiger partial charge in [0.1, 0.15) is 5.75 Å². The first kappa shape index (κ1) is 19.3. The third kappa shape index (κ3) is 7.20. The molecule has 1 aromatic rings. The highest BCUT2D eigenvalue weighted by atomic mass is 35.5. The summed E-state index contributed by atoms with van der Waals surface area (Å²) in [5, 5.41) is 6.84. The Morgan fingerprint density at radius 3 is 2.40 bits per heavy atom. The molecule has 2 N–H and O–H groups in total. The fraction of sp³-hybridized carbons (Fsp3) is 0.462. The van der Waals surface area contributed by atoms with Crippen molar-refractivity contribution in [1.82, 2.24) is 10.6 Å². The molecular formula is C13H19Cl3N2O2. The normalized spacial score (nSPS) is 11.4. The molecular weight excluding hydrogens is 323 g/mol. The van der Waals surface area contributed by atoms with Gasteiger partial charge >= 0.3 is 0 Å². The minimum absolute atomic E-state index is 0. The van der Waals surface area contributed by atoms with Crippen molar-refractivity contribution in [2.24, 2.45) is 0 Å². The molecule has 4 nitrogen and oxygen atoms in total. The summed E-state index contributed by atoms with van der Waals surface area (Å²) >= 11 is 11.7. The third-order valence-electron chi connectivity index (χ3n) is 2.37. The van der Waals surface area contributed by atoms with Crippen LogP contribution in [0.15, 0.2) is 18.2 Å². The van der Waals surface area contributed by atoms with Crippen LogP contribution in [-0.2, 0) is 4.79 Å². The number of ether oxygens (including phenoxy) is 1. The molecule has 0 heterocycles. The number of benzene rings is 1. The van der Waals surface area contributed by atoms with Gasteiger partial charge in [0.05, 0.1) is 0 Å². The Morgan fingerprint density at radius 1 is 1.25 bits per heavy atom. The van der Waals surface area contributed by atoms with Gasteiger partial charge in [-0.15, -0.1) is 12.4 Å². The number of carbonyl (C=O) groups is 1. The number of hydrogen-bond acceptors (Lipinski definition) is 3. The van der Waals surface area contributed by atoms with Crippen LogP contribution in [0.3, 0.4) is 0 Å². The van der Waals surface area contributed by atoms with E-state index < -0.39 is 6.10 Å². The van der Waals surface area contributed by atoms with Crippen molar-refractivity contribution in [2.45, 2.75) is 20.0 Å². The van der Waals surface area contributed by atoms with Gasteiger partial charge < -0.3 is 15.4 Å². The number of halogens is 3. The summed E-state index contributed by atoms with van der Waals surface area (Å²) in [6, 6.07) is 4.85. The van der Waals surface area contributed by atoms with E-state index >= 15 is 0 Å². The van der Waals surface area contributed by atoms with Crippen LogP contribution in [0.1, 0.15) is 13.8 Å². The van der Waals surface area contributed by atoms with E-state index in [-0.39, 0.29) is 18.3 Å². The van der Waals surface area contributed by atoms with E-state index in [1.54, 1.807) is 25.1 Å². The van der Waals surface area contributed by atoms with Crippen molar-refractivity contribution >= 4 is 41.5 Å². The minimum Gasteiger partial charge on any atom is -0.481 e. The zero-order valence-electron chi connectivity index (χ0n) is 11.4. The highest BCUT2D eigenvalue weighted by Gasteiger charge is 2.14. The predicted octanol–water partition coefficient (Wildman–Crippen LogP) is 2.91. The number of amides is 1. The summed E-state index contributed by atoms with van der Waals surface area (Å²) < 4.78 is 5.49. The molecule has 0 fully saturated rings. The molecule has 0 saturated carbocycles. The van der Waals surface area contributed by atoms with E-state index in [2.05, 4.69) is 10.6 Å². The van der Waals surface area contributed by atoms with Crippen molar-refractivity contribution in [3.8, 4) is 5.75 Å². The van der Waals surface area contributed by atoms with E-state index in [1.807, 2.05) is 6.92 Å². The summed E-state index contributed by atoms with van der Waals surface area (Å²) in [5.41, 5.74) is 0. The monoisotopic (exact) mass is 340 g/mol. The first-order valence-corrected chi connectivity index (χ1v) is 6.89. The van der Waals surface area contributed by atoms with Crippen LogP contribution in [0, 0.1) is 0 Å². The maximum absolute atomic E-state index is 11.8. The van der Waals surface area contributed by atoms with Gasteiger partial charge in [0.25, 0.3) is 5.91 Å². The van der Waals surface area contributed by atoms with Gasteiger partial charge in [0.2, 0.25) is 0 Å². The Balaban J connectivity index is 0.00000361. The van der Waals surface area contributed by atoms with Gasteiger partial charge in [-0.05, 0) is 31.7 Å². The third-order valence-corrected chi connectivity index (χ3v) is 2.81. The molecule has 0 aromatic heterocycles. The first-order valence-electron chi connectivity index (χ1n) is 6.14. The zero-order valence-corrected chi connectivity index (χ0v) is 13.7. The Bertz CT molecular complexity index is 410. The molecule has 0 aliphatic heterocycles. The van der Waals surface area contributed by atoms with Gasteiger partial charge in [-0.25, -0.2) is 0 Å². The Morgan fingerprint density at radius 2 is 1.85 bits per heavy atom. The Labute approximate surface area is 135 Å². The average molecular weight is 342 g/mol. The summed E-state index contributed by atoms with van der Waals surface area (Å²) in [4.78, 5) is 11.8. The lowest BCUT2D eigenvalue weighted by atomic mass is 10.3. The van der Waals surface area contributed by atoms with Crippen molar-refractivity contribution < 1.29 is 9.53 Å². The van der Waals surface area contributed by atoms with Crippen LogP contribution < -0.4 is 15.4 Å². The van der Waals surface area contributed by atoms with Crippen molar-refractivity contribution in [1.29, 1.82) is 0 Å². The topological polar surface area (TPSA) is 50.4 Å². The van der Waals surface area contributed by atoms with Gasteiger partial charge in [-0.2, -0.15) is 0 Å². The molecule has 114 valence electrons. The van der Waals surface area contributed by atoms with Crippen molar-refractivity contribution in [2.75, 3.05) is 19.6 Å². The quantitative estimate of drug-likeness (QED) is 0.750. The Hall–Kier alpha value is -0.680. The number of hydrogen-bond donors (Lipinski definition) is 2. The predicted molar refractivity (Wildman–Crippen MR) is 85.4 cm³/mol. The molecule has 0 radical (unpaired) electrons. The molecule has 0 bridgehead atoms. The van der Waals surface area contributed by atoms with Crippen LogP contribution in [0.2, 0.25) is 10.0 Å². The molecule has 7 heteroatoms. The lowest BCUT2D eigenvalue weighted by molar-refractivity contribution is -0.127. The molecule has 20 heavy (non-hydrogen) atoms. The van der Waals surface area contributed by atoms with Crippen LogP contribution in [0.5, 0.6) is 5.75 Å². The van der Waals surface area contributed by atoms with Gasteiger partial charge in [0.15, 0.2) is 6.10 Å². The van der Waals surface area contributed by atoms with Gasteiger partial charge in [-0.1, -0.05) is 30.1 Å². The van der Waals surface area contributed by atoms with Crippen LogP contribution in [0.25, 0.3) is 0 Å². The smallest absolute Gasteiger partial charge is 0.260 e. The van der Waals surface area contributed by atoms with E-state index in [0.717, 1.165) is 13.1 Å². The second kappa shape index (κ2) is 10.1. The SMILES string of the molecule is CCNCCNC(=O)C(C)Oc1cc(Cl)cc(Cl)c1.Cl. The minimum atomic E-state index is -0.601. The molecule has 1 atom stereocenters. The number of likely N-dealkylation sites (N-methyl/N-ethyl adjacent to an activating group) is 1. The summed E-state index contributed by atoms with van der Waals surface area (Å²) in [6.45, 7) is 5.87. The first-order chi connectivity index (χ1) is 9.02. The maximum atomic E-state index is 11.8. The lowest BCUT2D eigenvalue weighted by Gasteiger charge is -2.15. The number of rotatable bonds is 7. The second-order valence-electron chi connectivity index (χ2n) is 4.01. The van der Waals surface area contributed by atoms with E-state index in [4.69, 9.17) is 27.9 Å². The standard InChI is InChI=1S/C13H18Cl2N2O2.ClH/c1-3-16-4-5-17-13(18)9(2)19-12-7-10(14)6-11(15)8-12;/h6-9,16H,3-5H2,1-2H3,(H,17,18);1H. The molecule has 1 aromatic carbocycles. The number of carbonyl (C=O) groups excluding carboxylic acids is 1. The highest BCUT2D eigenvalue weighted by molar-refractivity contribution is 6.34.